The molecule has 1 unspecified atom stereocenters. The van der Waals surface area contributed by atoms with E-state index in [1.165, 1.54) is 47.7 Å². The first-order chi connectivity index (χ1) is 15.2. The molecule has 0 saturated heterocycles. The molecular weight excluding hydrogens is 435 g/mol. The minimum Gasteiger partial charge on any atom is -0.496 e. The Kier molecular flexibility index (Phi) is 8.33. The van der Waals surface area contributed by atoms with E-state index in [-0.39, 0.29) is 46.2 Å². The largest absolute Gasteiger partial charge is 0.496 e. The molecule has 0 radical (unpaired) electrons. The van der Waals surface area contributed by atoms with E-state index in [0.717, 1.165) is 0 Å². The number of benzene rings is 2. The topological polar surface area (TPSA) is 97.4 Å². The normalized spacial score (nSPS) is 12.6. The second-order valence-corrected chi connectivity index (χ2v) is 10.0. The molecule has 0 saturated carbocycles. The van der Waals surface area contributed by atoms with Crippen LogP contribution < -0.4 is 23.7 Å². The van der Waals surface area contributed by atoms with Gasteiger partial charge in [0.15, 0.2) is 0 Å². The van der Waals surface area contributed by atoms with Crippen molar-refractivity contribution < 1.29 is 37.8 Å². The summed E-state index contributed by atoms with van der Waals surface area (Å²) in [7, 11) is 2.73. The van der Waals surface area contributed by atoms with Crippen molar-refractivity contribution in [3.05, 3.63) is 41.5 Å². The van der Waals surface area contributed by atoms with E-state index in [9.17, 15) is 14.2 Å². The van der Waals surface area contributed by atoms with E-state index in [2.05, 4.69) is 0 Å². The molecule has 0 spiro atoms. The SMILES string of the molecule is COc1cc(OC)c(C(=O)P(=O)(CC(C)C)C(=O)c2c(OC)cccc2OC)c(OC)c1. The lowest BCUT2D eigenvalue weighted by molar-refractivity contribution is 0.103. The van der Waals surface area contributed by atoms with E-state index in [0.29, 0.717) is 5.75 Å². The highest BCUT2D eigenvalue weighted by atomic mass is 31.2. The van der Waals surface area contributed by atoms with Crippen molar-refractivity contribution in [3.8, 4) is 28.7 Å². The molecule has 0 aliphatic heterocycles. The first kappa shape index (κ1) is 25.3. The minimum absolute atomic E-state index is 0.0405. The van der Waals surface area contributed by atoms with Gasteiger partial charge < -0.3 is 28.2 Å². The van der Waals surface area contributed by atoms with Gasteiger partial charge in [-0.3, -0.25) is 9.59 Å². The van der Waals surface area contributed by atoms with E-state index in [1.54, 1.807) is 32.0 Å². The molecule has 9 heteroatoms. The van der Waals surface area contributed by atoms with Crippen molar-refractivity contribution in [2.24, 2.45) is 5.92 Å². The maximum absolute atomic E-state index is 14.3. The summed E-state index contributed by atoms with van der Waals surface area (Å²) in [5.74, 6) is 0.681. The number of hydrogen-bond acceptors (Lipinski definition) is 8. The Bertz CT molecular complexity index is 997. The van der Waals surface area contributed by atoms with Crippen LogP contribution >= 0.6 is 7.14 Å². The Morgan fingerprint density at radius 2 is 1.16 bits per heavy atom. The Labute approximate surface area is 188 Å². The van der Waals surface area contributed by atoms with Gasteiger partial charge in [-0.1, -0.05) is 19.9 Å². The lowest BCUT2D eigenvalue weighted by Gasteiger charge is -2.22. The third-order valence-electron chi connectivity index (χ3n) is 4.85. The lowest BCUT2D eigenvalue weighted by Crippen LogP contribution is -2.18. The van der Waals surface area contributed by atoms with Crippen molar-refractivity contribution in [2.75, 3.05) is 41.7 Å². The zero-order valence-electron chi connectivity index (χ0n) is 19.4. The van der Waals surface area contributed by atoms with Gasteiger partial charge in [0, 0.05) is 18.3 Å². The predicted molar refractivity (Wildman–Crippen MR) is 122 cm³/mol. The Hall–Kier alpha value is -2.99. The summed E-state index contributed by atoms with van der Waals surface area (Å²) in [5, 5.41) is 0. The van der Waals surface area contributed by atoms with Crippen LogP contribution in [-0.4, -0.2) is 52.8 Å². The van der Waals surface area contributed by atoms with Crippen LogP contribution in [0.5, 0.6) is 28.7 Å². The van der Waals surface area contributed by atoms with Gasteiger partial charge in [-0.05, 0) is 18.1 Å². The van der Waals surface area contributed by atoms with Crippen LogP contribution in [0.25, 0.3) is 0 Å². The van der Waals surface area contributed by atoms with Crippen LogP contribution in [-0.2, 0) is 4.57 Å². The van der Waals surface area contributed by atoms with Crippen LogP contribution in [0, 0.1) is 5.92 Å². The summed E-state index contributed by atoms with van der Waals surface area (Å²) in [6.45, 7) is 3.57. The molecule has 0 bridgehead atoms. The highest BCUT2D eigenvalue weighted by Crippen LogP contribution is 2.57. The Morgan fingerprint density at radius 3 is 1.50 bits per heavy atom. The summed E-state index contributed by atoms with van der Waals surface area (Å²) in [5.41, 5.74) is -1.82. The van der Waals surface area contributed by atoms with Crippen molar-refractivity contribution in [1.29, 1.82) is 0 Å². The van der Waals surface area contributed by atoms with Gasteiger partial charge in [0.25, 0.3) is 0 Å². The average molecular weight is 464 g/mol. The summed E-state index contributed by atoms with van der Waals surface area (Å²) >= 11 is 0. The molecule has 32 heavy (non-hydrogen) atoms. The first-order valence-electron chi connectivity index (χ1n) is 9.88. The van der Waals surface area contributed by atoms with Gasteiger partial charge in [-0.2, -0.15) is 0 Å². The molecule has 174 valence electrons. The molecule has 2 aromatic carbocycles. The number of rotatable bonds is 11. The molecule has 1 atom stereocenters. The standard InChI is InChI=1S/C23H29O8P/c1-14(2)13-32(26,22(24)20-16(28-4)9-8-10-17(20)29-5)23(25)21-18(30-6)11-15(27-3)12-19(21)31-7/h8-12,14H,13H2,1-7H3. The van der Waals surface area contributed by atoms with Crippen LogP contribution in [0.15, 0.2) is 30.3 Å². The zero-order chi connectivity index (χ0) is 24.1. The van der Waals surface area contributed by atoms with Gasteiger partial charge in [0.2, 0.25) is 18.2 Å². The maximum Gasteiger partial charge on any atom is 0.236 e. The summed E-state index contributed by atoms with van der Waals surface area (Å²) < 4.78 is 40.9. The van der Waals surface area contributed by atoms with Gasteiger partial charge in [-0.15, -0.1) is 0 Å². The van der Waals surface area contributed by atoms with Crippen molar-refractivity contribution >= 4 is 18.2 Å². The van der Waals surface area contributed by atoms with Crippen LogP contribution in [0.1, 0.15) is 34.6 Å². The molecule has 0 aromatic heterocycles. The first-order valence-corrected chi connectivity index (χ1v) is 11.8. The Morgan fingerprint density at radius 1 is 0.750 bits per heavy atom. The lowest BCUT2D eigenvalue weighted by atomic mass is 10.2. The highest BCUT2D eigenvalue weighted by Gasteiger charge is 2.45. The third kappa shape index (κ3) is 4.75. The number of ether oxygens (including phenoxy) is 5. The molecule has 2 rings (SSSR count). The molecule has 0 heterocycles. The molecule has 0 N–H and O–H groups in total. The van der Waals surface area contributed by atoms with E-state index < -0.39 is 18.2 Å². The molecule has 0 fully saturated rings. The smallest absolute Gasteiger partial charge is 0.236 e. The maximum atomic E-state index is 14.3. The third-order valence-corrected chi connectivity index (χ3v) is 7.85. The molecule has 2 aromatic rings. The van der Waals surface area contributed by atoms with Crippen LogP contribution in [0.2, 0.25) is 0 Å². The summed E-state index contributed by atoms with van der Waals surface area (Å²) in [6, 6.07) is 7.69. The molecule has 8 nitrogen and oxygen atoms in total. The fourth-order valence-electron chi connectivity index (χ4n) is 3.41. The van der Waals surface area contributed by atoms with E-state index >= 15 is 0 Å². The van der Waals surface area contributed by atoms with E-state index in [1.807, 2.05) is 0 Å². The van der Waals surface area contributed by atoms with Gasteiger partial charge in [0.05, 0.1) is 35.5 Å². The second-order valence-electron chi connectivity index (χ2n) is 7.37. The number of carbonyl (C=O) groups is 2. The molecular formula is C23H29O8P. The quantitative estimate of drug-likeness (QED) is 0.441. The van der Waals surface area contributed by atoms with E-state index in [4.69, 9.17) is 23.7 Å². The molecule has 0 aliphatic rings. The molecule has 0 amide bonds. The summed E-state index contributed by atoms with van der Waals surface area (Å²) in [4.78, 5) is 27.6. The molecule has 0 aliphatic carbocycles. The van der Waals surface area contributed by atoms with Crippen molar-refractivity contribution in [3.63, 3.8) is 0 Å². The van der Waals surface area contributed by atoms with Crippen molar-refractivity contribution in [2.45, 2.75) is 13.8 Å². The zero-order valence-corrected chi connectivity index (χ0v) is 20.3. The average Bonchev–Trinajstić information content (AvgIpc) is 2.80. The van der Waals surface area contributed by atoms with Crippen LogP contribution in [0.4, 0.5) is 0 Å². The van der Waals surface area contributed by atoms with Gasteiger partial charge >= 0.3 is 0 Å². The van der Waals surface area contributed by atoms with Gasteiger partial charge in [-0.25, -0.2) is 0 Å². The Balaban J connectivity index is 2.79. The number of carbonyl (C=O) groups excluding carboxylic acids is 2. The van der Waals surface area contributed by atoms with Crippen molar-refractivity contribution in [1.82, 2.24) is 0 Å². The van der Waals surface area contributed by atoms with Crippen LogP contribution in [0.3, 0.4) is 0 Å². The number of methoxy groups -OCH3 is 5. The monoisotopic (exact) mass is 464 g/mol. The fourth-order valence-corrected chi connectivity index (χ4v) is 6.12. The highest BCUT2D eigenvalue weighted by molar-refractivity contribution is 7.95. The predicted octanol–water partition coefficient (Wildman–Crippen LogP) is 4.73. The van der Waals surface area contributed by atoms with Gasteiger partial charge in [0.1, 0.15) is 39.9 Å². The minimum atomic E-state index is -4.22. The summed E-state index contributed by atoms with van der Waals surface area (Å²) in [6.07, 6.45) is -0.149. The number of hydrogen-bond donors (Lipinski definition) is 0. The fraction of sp³-hybridized carbons (Fsp3) is 0.391. The second kappa shape index (κ2) is 10.6.